The van der Waals surface area contributed by atoms with Gasteiger partial charge < -0.3 is 9.47 Å². The molecule has 2 atom stereocenters. The van der Waals surface area contributed by atoms with Crippen LogP contribution in [0.1, 0.15) is 19.4 Å². The number of carbonyl (C=O) groups excluding carboxylic acids is 2. The molecule has 0 aliphatic carbocycles. The zero-order chi connectivity index (χ0) is 24.4. The molecule has 7 nitrogen and oxygen atoms in total. The molecule has 8 heteroatoms. The van der Waals surface area contributed by atoms with E-state index in [1.165, 1.54) is 16.2 Å². The van der Waals surface area contributed by atoms with Crippen molar-refractivity contribution in [2.24, 2.45) is 0 Å². The van der Waals surface area contributed by atoms with Crippen molar-refractivity contribution >= 4 is 28.9 Å². The highest BCUT2D eigenvalue weighted by molar-refractivity contribution is 7.13. The quantitative estimate of drug-likeness (QED) is 0.353. The lowest BCUT2D eigenvalue weighted by Gasteiger charge is -2.36. The third-order valence-electron chi connectivity index (χ3n) is 5.74. The Morgan fingerprint density at radius 2 is 1.91 bits per heavy atom. The normalized spacial score (nSPS) is 15.8. The highest BCUT2D eigenvalue weighted by Gasteiger charge is 2.38. The van der Waals surface area contributed by atoms with Gasteiger partial charge in [0.05, 0.1) is 17.1 Å². The van der Waals surface area contributed by atoms with E-state index in [0.717, 1.165) is 27.5 Å². The molecule has 2 aromatic carbocycles. The van der Waals surface area contributed by atoms with Gasteiger partial charge in [-0.2, -0.15) is 0 Å². The summed E-state index contributed by atoms with van der Waals surface area (Å²) in [5.74, 6) is -0.256. The minimum atomic E-state index is -0.828. The molecule has 0 N–H and O–H groups in total. The molecule has 0 radical (unpaired) electrons. The molecule has 2 unspecified atom stereocenters. The smallest absolute Gasteiger partial charge is 0.329 e. The van der Waals surface area contributed by atoms with E-state index in [-0.39, 0.29) is 12.5 Å². The number of benzene rings is 2. The van der Waals surface area contributed by atoms with Gasteiger partial charge in [-0.25, -0.2) is 9.78 Å². The van der Waals surface area contributed by atoms with Crippen LogP contribution in [0.4, 0.5) is 5.69 Å². The standard InChI is InChI=1S/C27H23N3O4S/c1-17(27(32)33-15-19-8-4-3-5-9-19)30-23-14-20(11-12-24(23)34-18(2)26(30)31)22-16-35-25(29-22)21-10-6-7-13-28-21/h3-14,16-18H,15H2,1-2H3. The van der Waals surface area contributed by atoms with Crippen molar-refractivity contribution in [1.82, 2.24) is 9.97 Å². The van der Waals surface area contributed by atoms with Gasteiger partial charge in [0.15, 0.2) is 6.10 Å². The first-order chi connectivity index (χ1) is 17.0. The number of carbonyl (C=O) groups is 2. The molecule has 1 aliphatic rings. The van der Waals surface area contributed by atoms with E-state index in [4.69, 9.17) is 14.5 Å². The van der Waals surface area contributed by atoms with Gasteiger partial charge in [0.1, 0.15) is 23.4 Å². The number of ether oxygens (including phenoxy) is 2. The maximum absolute atomic E-state index is 13.1. The Bertz CT molecular complexity index is 1360. The Morgan fingerprint density at radius 3 is 2.69 bits per heavy atom. The van der Waals surface area contributed by atoms with Crippen molar-refractivity contribution in [2.75, 3.05) is 4.90 Å². The maximum Gasteiger partial charge on any atom is 0.329 e. The first kappa shape index (κ1) is 22.7. The molecule has 176 valence electrons. The molecule has 0 spiro atoms. The number of thiazole rings is 1. The highest BCUT2D eigenvalue weighted by Crippen LogP contribution is 2.39. The average molecular weight is 486 g/mol. The SMILES string of the molecule is CC1Oc2ccc(-c3csc(-c4ccccn4)n3)cc2N(C(C)C(=O)OCc2ccccc2)C1=O. The number of nitrogens with zero attached hydrogens (tertiary/aromatic N) is 3. The van der Waals surface area contributed by atoms with Crippen LogP contribution >= 0.6 is 11.3 Å². The van der Waals surface area contributed by atoms with Gasteiger partial charge in [0, 0.05) is 17.1 Å². The Labute approximate surface area is 207 Å². The Kier molecular flexibility index (Phi) is 6.29. The number of amides is 1. The van der Waals surface area contributed by atoms with Gasteiger partial charge in [0.25, 0.3) is 5.91 Å². The lowest BCUT2D eigenvalue weighted by atomic mass is 10.1. The van der Waals surface area contributed by atoms with Crippen LogP contribution in [0.2, 0.25) is 0 Å². The van der Waals surface area contributed by atoms with Crippen LogP contribution < -0.4 is 9.64 Å². The summed E-state index contributed by atoms with van der Waals surface area (Å²) in [6.07, 6.45) is 1.02. The van der Waals surface area contributed by atoms with E-state index in [0.29, 0.717) is 11.4 Å². The van der Waals surface area contributed by atoms with E-state index in [1.807, 2.05) is 72.1 Å². The van der Waals surface area contributed by atoms with E-state index in [1.54, 1.807) is 20.0 Å². The number of hydrogen-bond donors (Lipinski definition) is 0. The lowest BCUT2D eigenvalue weighted by molar-refractivity contribution is -0.147. The van der Waals surface area contributed by atoms with Gasteiger partial charge in [0.2, 0.25) is 0 Å². The second-order valence-corrected chi connectivity index (χ2v) is 9.03. The van der Waals surface area contributed by atoms with Crippen molar-refractivity contribution in [1.29, 1.82) is 0 Å². The molecular formula is C27H23N3O4S. The summed E-state index contributed by atoms with van der Waals surface area (Å²) >= 11 is 1.49. The number of hydrogen-bond acceptors (Lipinski definition) is 7. The highest BCUT2D eigenvalue weighted by atomic mass is 32.1. The van der Waals surface area contributed by atoms with Crippen LogP contribution in [0, 0.1) is 0 Å². The fourth-order valence-corrected chi connectivity index (χ4v) is 4.69. The minimum absolute atomic E-state index is 0.139. The number of esters is 1. The Balaban J connectivity index is 1.42. The van der Waals surface area contributed by atoms with Crippen molar-refractivity contribution in [3.63, 3.8) is 0 Å². The number of anilines is 1. The van der Waals surface area contributed by atoms with E-state index in [2.05, 4.69) is 4.98 Å². The van der Waals surface area contributed by atoms with Crippen LogP contribution in [-0.4, -0.2) is 34.0 Å². The number of fused-ring (bicyclic) bond motifs is 1. The largest absolute Gasteiger partial charge is 0.479 e. The summed E-state index contributed by atoms with van der Waals surface area (Å²) in [7, 11) is 0. The Morgan fingerprint density at radius 1 is 1.11 bits per heavy atom. The Hall–Kier alpha value is -4.04. The molecule has 5 rings (SSSR count). The molecule has 4 aromatic rings. The minimum Gasteiger partial charge on any atom is -0.479 e. The second-order valence-electron chi connectivity index (χ2n) is 8.17. The van der Waals surface area contributed by atoms with Crippen molar-refractivity contribution in [2.45, 2.75) is 32.6 Å². The third kappa shape index (κ3) is 4.65. The molecular weight excluding hydrogens is 462 g/mol. The molecule has 35 heavy (non-hydrogen) atoms. The summed E-state index contributed by atoms with van der Waals surface area (Å²) < 4.78 is 11.3. The molecule has 0 saturated carbocycles. The number of aromatic nitrogens is 2. The zero-order valence-corrected chi connectivity index (χ0v) is 20.1. The van der Waals surface area contributed by atoms with E-state index < -0.39 is 18.1 Å². The van der Waals surface area contributed by atoms with Gasteiger partial charge >= 0.3 is 5.97 Å². The lowest BCUT2D eigenvalue weighted by Crippen LogP contribution is -2.51. The second kappa shape index (κ2) is 9.68. The molecule has 1 aliphatic heterocycles. The fourth-order valence-electron chi connectivity index (χ4n) is 3.89. The van der Waals surface area contributed by atoms with E-state index in [9.17, 15) is 9.59 Å². The summed E-state index contributed by atoms with van der Waals surface area (Å²) in [5.41, 5.74) is 3.75. The fraction of sp³-hybridized carbons (Fsp3) is 0.185. The summed E-state index contributed by atoms with van der Waals surface area (Å²) in [4.78, 5) is 36.6. The summed E-state index contributed by atoms with van der Waals surface area (Å²) in [5, 5.41) is 2.75. The number of rotatable bonds is 6. The number of pyridine rings is 1. The van der Waals surface area contributed by atoms with Gasteiger partial charge in [-0.3, -0.25) is 14.7 Å². The molecule has 0 bridgehead atoms. The molecule has 3 heterocycles. The molecule has 2 aromatic heterocycles. The zero-order valence-electron chi connectivity index (χ0n) is 19.3. The van der Waals surface area contributed by atoms with E-state index >= 15 is 0 Å². The van der Waals surface area contributed by atoms with Crippen molar-refractivity contribution < 1.29 is 19.1 Å². The topological polar surface area (TPSA) is 81.6 Å². The van der Waals surface area contributed by atoms with Crippen LogP contribution in [0.25, 0.3) is 22.0 Å². The van der Waals surface area contributed by atoms with Crippen LogP contribution in [0.3, 0.4) is 0 Å². The first-order valence-electron chi connectivity index (χ1n) is 11.2. The summed E-state index contributed by atoms with van der Waals surface area (Å²) in [6, 6.07) is 19.8. The molecule has 0 fully saturated rings. The molecule has 1 amide bonds. The maximum atomic E-state index is 13.1. The average Bonchev–Trinajstić information content (AvgIpc) is 3.39. The van der Waals surface area contributed by atoms with Gasteiger partial charge in [-0.05, 0) is 49.7 Å². The summed E-state index contributed by atoms with van der Waals surface area (Å²) in [6.45, 7) is 3.48. The van der Waals surface area contributed by atoms with Crippen molar-refractivity contribution in [3.05, 3.63) is 83.9 Å². The predicted molar refractivity (Wildman–Crippen MR) is 134 cm³/mol. The predicted octanol–water partition coefficient (Wildman–Crippen LogP) is 5.12. The third-order valence-corrected chi connectivity index (χ3v) is 6.61. The monoisotopic (exact) mass is 485 g/mol. The van der Waals surface area contributed by atoms with Gasteiger partial charge in [-0.1, -0.05) is 36.4 Å². The first-order valence-corrected chi connectivity index (χ1v) is 12.1. The molecule has 0 saturated heterocycles. The van der Waals surface area contributed by atoms with Crippen LogP contribution in [0.15, 0.2) is 78.3 Å². The van der Waals surface area contributed by atoms with Crippen LogP contribution in [0.5, 0.6) is 5.75 Å². The van der Waals surface area contributed by atoms with Crippen molar-refractivity contribution in [3.8, 4) is 27.7 Å². The van der Waals surface area contributed by atoms with Crippen LogP contribution in [-0.2, 0) is 20.9 Å². The van der Waals surface area contributed by atoms with Gasteiger partial charge in [-0.15, -0.1) is 11.3 Å².